The van der Waals surface area contributed by atoms with E-state index in [0.29, 0.717) is 11.3 Å². The smallest absolute Gasteiger partial charge is 0.226 e. The first kappa shape index (κ1) is 10.9. The summed E-state index contributed by atoms with van der Waals surface area (Å²) in [5.41, 5.74) is 0.537. The lowest BCUT2D eigenvalue weighted by Gasteiger charge is -2.38. The van der Waals surface area contributed by atoms with Crippen LogP contribution >= 0.6 is 0 Å². The highest BCUT2D eigenvalue weighted by atomic mass is 16.2. The molecule has 1 unspecified atom stereocenters. The lowest BCUT2D eigenvalue weighted by atomic mass is 9.68. The number of amides is 1. The largest absolute Gasteiger partial charge is 0.342 e. The zero-order valence-corrected chi connectivity index (χ0v) is 9.88. The van der Waals surface area contributed by atoms with E-state index in [0.717, 1.165) is 19.6 Å². The number of hydrogen-bond donors (Lipinski definition) is 1. The molecule has 0 aromatic carbocycles. The molecule has 1 aliphatic carbocycles. The van der Waals surface area contributed by atoms with Gasteiger partial charge >= 0.3 is 0 Å². The second kappa shape index (κ2) is 4.12. The van der Waals surface area contributed by atoms with Crippen molar-refractivity contribution in [2.45, 2.75) is 32.6 Å². The molecule has 2 rings (SSSR count). The van der Waals surface area contributed by atoms with E-state index in [1.54, 1.807) is 0 Å². The van der Waals surface area contributed by atoms with Gasteiger partial charge in [0, 0.05) is 25.6 Å². The molecular formula is C12H22N2O. The van der Waals surface area contributed by atoms with Gasteiger partial charge < -0.3 is 10.2 Å². The van der Waals surface area contributed by atoms with Crippen LogP contribution < -0.4 is 5.32 Å². The molecule has 0 bridgehead atoms. The minimum atomic E-state index is 0.130. The number of likely N-dealkylation sites (tertiary alicyclic amines) is 1. The molecule has 2 aliphatic rings. The average molecular weight is 210 g/mol. The molecule has 15 heavy (non-hydrogen) atoms. The first-order valence-electron chi connectivity index (χ1n) is 6.10. The number of rotatable bonds is 3. The Morgan fingerprint density at radius 3 is 2.67 bits per heavy atom. The van der Waals surface area contributed by atoms with E-state index in [2.05, 4.69) is 10.2 Å². The Balaban J connectivity index is 1.87. The van der Waals surface area contributed by atoms with Gasteiger partial charge in [0.25, 0.3) is 0 Å². The van der Waals surface area contributed by atoms with Gasteiger partial charge in [-0.15, -0.1) is 0 Å². The number of nitrogens with one attached hydrogen (secondary N) is 1. The molecule has 0 aromatic rings. The summed E-state index contributed by atoms with van der Waals surface area (Å²) < 4.78 is 0. The van der Waals surface area contributed by atoms with Gasteiger partial charge in [0.2, 0.25) is 5.91 Å². The quantitative estimate of drug-likeness (QED) is 0.760. The van der Waals surface area contributed by atoms with E-state index in [-0.39, 0.29) is 5.92 Å². The van der Waals surface area contributed by atoms with E-state index in [1.807, 2.05) is 14.0 Å². The maximum absolute atomic E-state index is 12.0. The lowest BCUT2D eigenvalue weighted by Crippen LogP contribution is -2.40. The summed E-state index contributed by atoms with van der Waals surface area (Å²) in [6.45, 7) is 4.83. The van der Waals surface area contributed by atoms with Gasteiger partial charge in [0.1, 0.15) is 0 Å². The van der Waals surface area contributed by atoms with Crippen molar-refractivity contribution < 1.29 is 4.79 Å². The molecule has 1 heterocycles. The maximum atomic E-state index is 12.0. The van der Waals surface area contributed by atoms with Crippen molar-refractivity contribution in [1.82, 2.24) is 10.2 Å². The molecule has 1 saturated heterocycles. The van der Waals surface area contributed by atoms with Crippen molar-refractivity contribution in [3.8, 4) is 0 Å². The molecule has 0 aromatic heterocycles. The van der Waals surface area contributed by atoms with Crippen molar-refractivity contribution >= 4 is 5.91 Å². The van der Waals surface area contributed by atoms with E-state index in [4.69, 9.17) is 0 Å². The highest BCUT2D eigenvalue weighted by Crippen LogP contribution is 2.48. The number of carbonyl (C=O) groups is 1. The van der Waals surface area contributed by atoms with E-state index in [1.165, 1.54) is 25.7 Å². The third kappa shape index (κ3) is 2.03. The number of nitrogens with zero attached hydrogens (tertiary/aromatic N) is 1. The van der Waals surface area contributed by atoms with Gasteiger partial charge in [-0.2, -0.15) is 0 Å². The van der Waals surface area contributed by atoms with Gasteiger partial charge in [0.05, 0.1) is 0 Å². The van der Waals surface area contributed by atoms with E-state index < -0.39 is 0 Å². The standard InChI is InChI=1S/C12H22N2O/c1-10(8-13-2)11(15)14-7-6-12(9-14)4-3-5-12/h10,13H,3-9H2,1-2H3. The van der Waals surface area contributed by atoms with Crippen molar-refractivity contribution in [3.05, 3.63) is 0 Å². The Morgan fingerprint density at radius 1 is 1.47 bits per heavy atom. The Morgan fingerprint density at radius 2 is 2.20 bits per heavy atom. The Bertz CT molecular complexity index is 248. The molecular weight excluding hydrogens is 188 g/mol. The molecule has 3 heteroatoms. The molecule has 1 aliphatic heterocycles. The highest BCUT2D eigenvalue weighted by Gasteiger charge is 2.44. The summed E-state index contributed by atoms with van der Waals surface area (Å²) in [4.78, 5) is 14.1. The Kier molecular flexibility index (Phi) is 3.01. The van der Waals surface area contributed by atoms with Crippen LogP contribution in [0.15, 0.2) is 0 Å². The average Bonchev–Trinajstić information content (AvgIpc) is 2.61. The third-order valence-corrected chi connectivity index (χ3v) is 4.10. The summed E-state index contributed by atoms with van der Waals surface area (Å²) in [6.07, 6.45) is 5.30. The molecule has 3 nitrogen and oxygen atoms in total. The molecule has 1 amide bonds. The SMILES string of the molecule is CNCC(C)C(=O)N1CCC2(CCC2)C1. The maximum Gasteiger partial charge on any atom is 0.226 e. The van der Waals surface area contributed by atoms with E-state index >= 15 is 0 Å². The fourth-order valence-corrected chi connectivity index (χ4v) is 2.91. The summed E-state index contributed by atoms with van der Waals surface area (Å²) in [5.74, 6) is 0.471. The second-order valence-electron chi connectivity index (χ2n) is 5.32. The van der Waals surface area contributed by atoms with Crippen LogP contribution in [-0.2, 0) is 4.79 Å². The Labute approximate surface area is 92.2 Å². The molecule has 1 spiro atoms. The predicted octanol–water partition coefficient (Wildman–Crippen LogP) is 1.24. The monoisotopic (exact) mass is 210 g/mol. The van der Waals surface area contributed by atoms with Crippen LogP contribution in [0.25, 0.3) is 0 Å². The third-order valence-electron chi connectivity index (χ3n) is 4.10. The first-order valence-corrected chi connectivity index (χ1v) is 6.10. The van der Waals surface area contributed by atoms with Crippen molar-refractivity contribution in [2.75, 3.05) is 26.7 Å². The summed E-state index contributed by atoms with van der Waals surface area (Å²) in [7, 11) is 1.90. The van der Waals surface area contributed by atoms with Gasteiger partial charge in [0.15, 0.2) is 0 Å². The van der Waals surface area contributed by atoms with Crippen LogP contribution in [0.3, 0.4) is 0 Å². The predicted molar refractivity (Wildman–Crippen MR) is 60.6 cm³/mol. The van der Waals surface area contributed by atoms with Crippen LogP contribution in [0.1, 0.15) is 32.6 Å². The van der Waals surface area contributed by atoms with Crippen LogP contribution in [-0.4, -0.2) is 37.5 Å². The number of hydrogen-bond acceptors (Lipinski definition) is 2. The fourth-order valence-electron chi connectivity index (χ4n) is 2.91. The van der Waals surface area contributed by atoms with Gasteiger partial charge in [-0.05, 0) is 31.7 Å². The van der Waals surface area contributed by atoms with Crippen molar-refractivity contribution in [1.29, 1.82) is 0 Å². The fraction of sp³-hybridized carbons (Fsp3) is 0.917. The number of carbonyl (C=O) groups excluding carboxylic acids is 1. The zero-order valence-electron chi connectivity index (χ0n) is 9.88. The summed E-state index contributed by atoms with van der Waals surface area (Å²) in [5, 5.41) is 3.07. The highest BCUT2D eigenvalue weighted by molar-refractivity contribution is 5.79. The van der Waals surface area contributed by atoms with Crippen LogP contribution in [0.4, 0.5) is 0 Å². The van der Waals surface area contributed by atoms with Crippen molar-refractivity contribution in [3.63, 3.8) is 0 Å². The molecule has 1 saturated carbocycles. The lowest BCUT2D eigenvalue weighted by molar-refractivity contribution is -0.134. The van der Waals surface area contributed by atoms with Crippen molar-refractivity contribution in [2.24, 2.45) is 11.3 Å². The van der Waals surface area contributed by atoms with Gasteiger partial charge in [-0.3, -0.25) is 4.79 Å². The molecule has 1 N–H and O–H groups in total. The van der Waals surface area contributed by atoms with Gasteiger partial charge in [-0.25, -0.2) is 0 Å². The van der Waals surface area contributed by atoms with E-state index in [9.17, 15) is 4.79 Å². The molecule has 0 radical (unpaired) electrons. The van der Waals surface area contributed by atoms with Crippen LogP contribution in [0.2, 0.25) is 0 Å². The molecule has 2 fully saturated rings. The van der Waals surface area contributed by atoms with Crippen LogP contribution in [0, 0.1) is 11.3 Å². The van der Waals surface area contributed by atoms with Gasteiger partial charge in [-0.1, -0.05) is 13.3 Å². The minimum Gasteiger partial charge on any atom is -0.342 e. The zero-order chi connectivity index (χ0) is 10.9. The van der Waals surface area contributed by atoms with Crippen LogP contribution in [0.5, 0.6) is 0 Å². The normalized spacial score (nSPS) is 25.3. The Hall–Kier alpha value is -0.570. The molecule has 1 atom stereocenters. The topological polar surface area (TPSA) is 32.3 Å². The summed E-state index contributed by atoms with van der Waals surface area (Å²) >= 11 is 0. The first-order chi connectivity index (χ1) is 7.17. The second-order valence-corrected chi connectivity index (χ2v) is 5.32. The molecule has 86 valence electrons. The summed E-state index contributed by atoms with van der Waals surface area (Å²) in [6, 6.07) is 0. The minimum absolute atomic E-state index is 0.130.